The Morgan fingerprint density at radius 1 is 1.53 bits per heavy atom. The van der Waals surface area contributed by atoms with Crippen LogP contribution in [0.2, 0.25) is 0 Å². The van der Waals surface area contributed by atoms with E-state index in [0.717, 1.165) is 12.8 Å². The Kier molecular flexibility index (Phi) is 5.10. The van der Waals surface area contributed by atoms with E-state index in [1.165, 1.54) is 10.5 Å². The number of aromatic nitrogens is 2. The van der Waals surface area contributed by atoms with Crippen LogP contribution in [-0.4, -0.2) is 42.6 Å². The molecule has 0 atom stereocenters. The molecule has 0 radical (unpaired) electrons. The highest BCUT2D eigenvalue weighted by molar-refractivity contribution is 7.89. The van der Waals surface area contributed by atoms with Crippen molar-refractivity contribution in [1.82, 2.24) is 14.1 Å². The standard InChI is InChI=1S/C10H20N4O2S/c1-3-6-13(2)17(15,16)10-8-12-14(9-10)7-4-5-11/h8-9H,3-7,11H2,1-2H3. The van der Waals surface area contributed by atoms with Gasteiger partial charge in [0.25, 0.3) is 0 Å². The van der Waals surface area contributed by atoms with Crippen LogP contribution < -0.4 is 5.73 Å². The van der Waals surface area contributed by atoms with E-state index in [0.29, 0.717) is 19.6 Å². The van der Waals surface area contributed by atoms with Crippen molar-refractivity contribution in [3.05, 3.63) is 12.4 Å². The van der Waals surface area contributed by atoms with Crippen LogP contribution in [0.25, 0.3) is 0 Å². The van der Waals surface area contributed by atoms with E-state index >= 15 is 0 Å². The van der Waals surface area contributed by atoms with Crippen molar-refractivity contribution in [1.29, 1.82) is 0 Å². The molecule has 0 aliphatic rings. The number of rotatable bonds is 7. The summed E-state index contributed by atoms with van der Waals surface area (Å²) in [4.78, 5) is 0.241. The predicted molar refractivity (Wildman–Crippen MR) is 66.0 cm³/mol. The van der Waals surface area contributed by atoms with Gasteiger partial charge < -0.3 is 5.73 Å². The topological polar surface area (TPSA) is 81.2 Å². The fraction of sp³-hybridized carbons (Fsp3) is 0.700. The molecule has 98 valence electrons. The van der Waals surface area contributed by atoms with Crippen molar-refractivity contribution >= 4 is 10.0 Å². The lowest BCUT2D eigenvalue weighted by Crippen LogP contribution is -2.27. The first-order valence-electron chi connectivity index (χ1n) is 5.71. The quantitative estimate of drug-likeness (QED) is 0.762. The average Bonchev–Trinajstić information content (AvgIpc) is 2.75. The van der Waals surface area contributed by atoms with Crippen molar-refractivity contribution in [2.24, 2.45) is 5.73 Å². The molecule has 1 heterocycles. The van der Waals surface area contributed by atoms with Crippen LogP contribution in [0.1, 0.15) is 19.8 Å². The average molecular weight is 260 g/mol. The fourth-order valence-corrected chi connectivity index (χ4v) is 2.69. The van der Waals surface area contributed by atoms with Gasteiger partial charge in [0.05, 0.1) is 6.20 Å². The van der Waals surface area contributed by atoms with E-state index in [9.17, 15) is 8.42 Å². The smallest absolute Gasteiger partial charge is 0.245 e. The fourth-order valence-electron chi connectivity index (χ4n) is 1.47. The summed E-state index contributed by atoms with van der Waals surface area (Å²) in [5, 5.41) is 4.02. The Bertz CT molecular complexity index is 441. The van der Waals surface area contributed by atoms with E-state index in [-0.39, 0.29) is 4.90 Å². The summed E-state index contributed by atoms with van der Waals surface area (Å²) < 4.78 is 27.1. The largest absolute Gasteiger partial charge is 0.330 e. The second kappa shape index (κ2) is 6.13. The van der Waals surface area contributed by atoms with Crippen molar-refractivity contribution < 1.29 is 8.42 Å². The Labute approximate surface area is 102 Å². The molecule has 0 fully saturated rings. The highest BCUT2D eigenvalue weighted by Crippen LogP contribution is 2.13. The van der Waals surface area contributed by atoms with Crippen LogP contribution in [0.15, 0.2) is 17.3 Å². The van der Waals surface area contributed by atoms with Crippen LogP contribution in [0.3, 0.4) is 0 Å². The third kappa shape index (κ3) is 3.52. The minimum absolute atomic E-state index is 0.241. The molecule has 1 aromatic heterocycles. The zero-order valence-corrected chi connectivity index (χ0v) is 11.2. The van der Waals surface area contributed by atoms with E-state index in [2.05, 4.69) is 5.10 Å². The third-order valence-electron chi connectivity index (χ3n) is 2.45. The second-order valence-electron chi connectivity index (χ2n) is 3.91. The van der Waals surface area contributed by atoms with Gasteiger partial charge >= 0.3 is 0 Å². The summed E-state index contributed by atoms with van der Waals surface area (Å²) in [5.41, 5.74) is 5.39. The van der Waals surface area contributed by atoms with Gasteiger partial charge in [-0.2, -0.15) is 5.10 Å². The highest BCUT2D eigenvalue weighted by atomic mass is 32.2. The normalized spacial score (nSPS) is 12.2. The summed E-state index contributed by atoms with van der Waals surface area (Å²) in [6.07, 6.45) is 4.51. The molecule has 0 spiro atoms. The highest BCUT2D eigenvalue weighted by Gasteiger charge is 2.21. The predicted octanol–water partition coefficient (Wildman–Crippen LogP) is 0.262. The number of nitrogens with two attached hydrogens (primary N) is 1. The maximum absolute atomic E-state index is 12.1. The van der Waals surface area contributed by atoms with Gasteiger partial charge in [0, 0.05) is 26.3 Å². The second-order valence-corrected chi connectivity index (χ2v) is 5.95. The van der Waals surface area contributed by atoms with Gasteiger partial charge in [-0.3, -0.25) is 4.68 Å². The van der Waals surface area contributed by atoms with Gasteiger partial charge in [-0.1, -0.05) is 6.92 Å². The molecule has 1 aromatic rings. The molecule has 17 heavy (non-hydrogen) atoms. The zero-order chi connectivity index (χ0) is 12.9. The molecule has 0 amide bonds. The zero-order valence-electron chi connectivity index (χ0n) is 10.3. The van der Waals surface area contributed by atoms with Crippen LogP contribution >= 0.6 is 0 Å². The van der Waals surface area contributed by atoms with Gasteiger partial charge in [0.15, 0.2) is 0 Å². The van der Waals surface area contributed by atoms with E-state index in [1.807, 2.05) is 6.92 Å². The lowest BCUT2D eigenvalue weighted by Gasteiger charge is -2.14. The van der Waals surface area contributed by atoms with E-state index < -0.39 is 10.0 Å². The molecule has 0 saturated heterocycles. The Balaban J connectivity index is 2.81. The monoisotopic (exact) mass is 260 g/mol. The van der Waals surface area contributed by atoms with Crippen LogP contribution in [0.4, 0.5) is 0 Å². The van der Waals surface area contributed by atoms with E-state index in [4.69, 9.17) is 5.73 Å². The molecule has 0 aliphatic heterocycles. The van der Waals surface area contributed by atoms with Gasteiger partial charge in [0.1, 0.15) is 4.90 Å². The maximum Gasteiger partial charge on any atom is 0.245 e. The molecule has 7 heteroatoms. The van der Waals surface area contributed by atoms with Gasteiger partial charge in [-0.15, -0.1) is 0 Å². The molecule has 0 bridgehead atoms. The molecule has 2 N–H and O–H groups in total. The molecule has 6 nitrogen and oxygen atoms in total. The molecule has 0 aliphatic carbocycles. The first kappa shape index (κ1) is 14.1. The van der Waals surface area contributed by atoms with Crippen LogP contribution in [0.5, 0.6) is 0 Å². The van der Waals surface area contributed by atoms with Crippen LogP contribution in [0, 0.1) is 0 Å². The van der Waals surface area contributed by atoms with E-state index in [1.54, 1.807) is 17.9 Å². The van der Waals surface area contributed by atoms with Gasteiger partial charge in [-0.05, 0) is 19.4 Å². The van der Waals surface area contributed by atoms with Crippen molar-refractivity contribution in [3.8, 4) is 0 Å². The maximum atomic E-state index is 12.1. The number of sulfonamides is 1. The molecular formula is C10H20N4O2S. The number of hydrogen-bond donors (Lipinski definition) is 1. The lowest BCUT2D eigenvalue weighted by molar-refractivity contribution is 0.468. The minimum atomic E-state index is -3.39. The van der Waals surface area contributed by atoms with Crippen molar-refractivity contribution in [2.75, 3.05) is 20.1 Å². The summed E-state index contributed by atoms with van der Waals surface area (Å²) in [7, 11) is -1.81. The minimum Gasteiger partial charge on any atom is -0.330 e. The molecule has 0 unspecified atom stereocenters. The van der Waals surface area contributed by atoms with Gasteiger partial charge in [0.2, 0.25) is 10.0 Å². The first-order valence-corrected chi connectivity index (χ1v) is 7.15. The summed E-state index contributed by atoms with van der Waals surface area (Å²) >= 11 is 0. The lowest BCUT2D eigenvalue weighted by atomic mass is 10.4. The van der Waals surface area contributed by atoms with Crippen molar-refractivity contribution in [2.45, 2.75) is 31.2 Å². The SMILES string of the molecule is CCCN(C)S(=O)(=O)c1cnn(CCCN)c1. The summed E-state index contributed by atoms with van der Waals surface area (Å²) in [6, 6.07) is 0. The first-order chi connectivity index (χ1) is 8.02. The molecule has 0 saturated carbocycles. The van der Waals surface area contributed by atoms with Crippen molar-refractivity contribution in [3.63, 3.8) is 0 Å². The molecule has 0 aromatic carbocycles. The van der Waals surface area contributed by atoms with Crippen LogP contribution in [-0.2, 0) is 16.6 Å². The van der Waals surface area contributed by atoms with Gasteiger partial charge in [-0.25, -0.2) is 12.7 Å². The Hall–Kier alpha value is -0.920. The molecular weight excluding hydrogens is 240 g/mol. The third-order valence-corrected chi connectivity index (χ3v) is 4.26. The number of aryl methyl sites for hydroxylation is 1. The molecule has 1 rings (SSSR count). The number of hydrogen-bond acceptors (Lipinski definition) is 4. The summed E-state index contributed by atoms with van der Waals surface area (Å²) in [6.45, 7) is 3.66. The number of nitrogens with zero attached hydrogens (tertiary/aromatic N) is 3. The summed E-state index contributed by atoms with van der Waals surface area (Å²) in [5.74, 6) is 0. The Morgan fingerprint density at radius 3 is 2.82 bits per heavy atom. The Morgan fingerprint density at radius 2 is 2.24 bits per heavy atom.